The van der Waals surface area contributed by atoms with Gasteiger partial charge in [-0.15, -0.1) is 0 Å². The van der Waals surface area contributed by atoms with Gasteiger partial charge in [-0.1, -0.05) is 36.8 Å². The van der Waals surface area contributed by atoms with Crippen LogP contribution in [0.4, 0.5) is 10.5 Å². The second kappa shape index (κ2) is 9.81. The van der Waals surface area contributed by atoms with Gasteiger partial charge in [0, 0.05) is 29.8 Å². The van der Waals surface area contributed by atoms with E-state index >= 15 is 0 Å². The van der Waals surface area contributed by atoms with Gasteiger partial charge in [0.15, 0.2) is 0 Å². The van der Waals surface area contributed by atoms with Crippen LogP contribution in [0.15, 0.2) is 60.2 Å². The molecule has 5 rings (SSSR count). The van der Waals surface area contributed by atoms with Crippen molar-refractivity contribution in [1.82, 2.24) is 10.2 Å². The number of para-hydroxylation sites is 1. The Bertz CT molecular complexity index is 1380. The maximum Gasteiger partial charge on any atom is 0.336 e. The Labute approximate surface area is 211 Å². The van der Waals surface area contributed by atoms with Crippen molar-refractivity contribution in [2.24, 2.45) is 11.8 Å². The zero-order valence-electron chi connectivity index (χ0n) is 19.7. The van der Waals surface area contributed by atoms with E-state index < -0.39 is 28.7 Å². The average Bonchev–Trinajstić information content (AvgIpc) is 3.50. The van der Waals surface area contributed by atoms with Gasteiger partial charge in [-0.2, -0.15) is 0 Å². The van der Waals surface area contributed by atoms with E-state index in [4.69, 9.17) is 4.74 Å². The fourth-order valence-electron chi connectivity index (χ4n) is 5.40. The lowest BCUT2D eigenvalue weighted by Gasteiger charge is -2.35. The van der Waals surface area contributed by atoms with Crippen LogP contribution in [0.3, 0.4) is 0 Å². The number of rotatable bonds is 6. The molecule has 3 atom stereocenters. The highest BCUT2D eigenvalue weighted by Gasteiger charge is 2.49. The number of hydrogen-bond donors (Lipinski definition) is 1. The van der Waals surface area contributed by atoms with Crippen molar-refractivity contribution in [3.63, 3.8) is 0 Å². The Morgan fingerprint density at radius 1 is 1.08 bits per heavy atom. The molecule has 2 aromatic rings. The highest BCUT2D eigenvalue weighted by molar-refractivity contribution is 6.31. The molecule has 3 aliphatic rings. The Balaban J connectivity index is 1.35. The van der Waals surface area contributed by atoms with Crippen LogP contribution in [0, 0.1) is 22.0 Å². The molecule has 10 heteroatoms. The van der Waals surface area contributed by atoms with Crippen molar-refractivity contribution >= 4 is 41.7 Å². The first-order valence-electron chi connectivity index (χ1n) is 11.9. The summed E-state index contributed by atoms with van der Waals surface area (Å²) >= 11 is 0. The van der Waals surface area contributed by atoms with Crippen LogP contribution < -0.4 is 10.1 Å². The van der Waals surface area contributed by atoms with Crippen LogP contribution in [-0.2, 0) is 14.4 Å². The van der Waals surface area contributed by atoms with E-state index in [1.165, 1.54) is 41.3 Å². The zero-order chi connectivity index (χ0) is 26.1. The number of amides is 4. The van der Waals surface area contributed by atoms with Gasteiger partial charge in [0.25, 0.3) is 17.5 Å². The third-order valence-electron chi connectivity index (χ3n) is 7.09. The van der Waals surface area contributed by atoms with E-state index in [-0.39, 0.29) is 29.0 Å². The van der Waals surface area contributed by atoms with E-state index in [0.717, 1.165) is 31.8 Å². The lowest BCUT2D eigenvalue weighted by Crippen LogP contribution is -2.58. The van der Waals surface area contributed by atoms with E-state index in [1.54, 1.807) is 24.3 Å². The number of barbiturate groups is 1. The molecule has 1 saturated heterocycles. The normalized spacial score (nSPS) is 24.1. The van der Waals surface area contributed by atoms with Gasteiger partial charge in [-0.05, 0) is 54.9 Å². The second-order valence-electron chi connectivity index (χ2n) is 9.38. The van der Waals surface area contributed by atoms with Crippen LogP contribution in [-0.4, -0.2) is 39.7 Å². The number of benzene rings is 2. The summed E-state index contributed by atoms with van der Waals surface area (Å²) in [7, 11) is 0. The summed E-state index contributed by atoms with van der Waals surface area (Å²) in [5.41, 5.74) is 0.427. The van der Waals surface area contributed by atoms with Crippen molar-refractivity contribution in [2.75, 3.05) is 0 Å². The van der Waals surface area contributed by atoms with Gasteiger partial charge in [0.2, 0.25) is 0 Å². The smallest absolute Gasteiger partial charge is 0.336 e. The third-order valence-corrected chi connectivity index (χ3v) is 7.09. The van der Waals surface area contributed by atoms with Crippen LogP contribution in [0.1, 0.15) is 36.8 Å². The predicted octanol–water partition coefficient (Wildman–Crippen LogP) is 3.86. The molecule has 2 bridgehead atoms. The molecule has 0 aromatic heterocycles. The van der Waals surface area contributed by atoms with E-state index in [0.29, 0.717) is 17.0 Å². The van der Waals surface area contributed by atoms with Crippen LogP contribution in [0.25, 0.3) is 12.2 Å². The van der Waals surface area contributed by atoms with Gasteiger partial charge in [0.1, 0.15) is 11.3 Å². The molecule has 3 fully saturated rings. The minimum atomic E-state index is -0.805. The van der Waals surface area contributed by atoms with Gasteiger partial charge in [-0.3, -0.25) is 29.9 Å². The minimum Gasteiger partial charge on any atom is -0.423 e. The fourth-order valence-corrected chi connectivity index (χ4v) is 5.40. The number of nitrogens with zero attached hydrogens (tertiary/aromatic N) is 2. The van der Waals surface area contributed by atoms with Gasteiger partial charge in [0.05, 0.1) is 4.92 Å². The Hall–Kier alpha value is -4.60. The van der Waals surface area contributed by atoms with Crippen molar-refractivity contribution in [1.29, 1.82) is 0 Å². The molecule has 0 radical (unpaired) electrons. The lowest BCUT2D eigenvalue weighted by molar-refractivity contribution is -0.384. The minimum absolute atomic E-state index is 0.104. The maximum atomic E-state index is 13.3. The van der Waals surface area contributed by atoms with Crippen LogP contribution >= 0.6 is 0 Å². The first-order chi connectivity index (χ1) is 17.8. The van der Waals surface area contributed by atoms with Crippen molar-refractivity contribution in [3.05, 3.63) is 81.4 Å². The number of non-ortho nitro benzene ring substituents is 1. The molecule has 188 valence electrons. The van der Waals surface area contributed by atoms with E-state index in [2.05, 4.69) is 5.32 Å². The standard InChI is InChI=1S/C27H23N3O7/c31-24(11-9-16-4-3-6-20(13-16)30(35)36)37-23-7-2-1-5-19(23)15-21-25(32)28-27(34)29(26(21)33)22-14-17-8-10-18(22)12-17/h1-7,9,11,13,15,17-18,22H,8,10,12,14H2,(H,28,32,34)/b11-9+,21-15-/t17-,18-,22-/m0/s1. The largest absolute Gasteiger partial charge is 0.423 e. The summed E-state index contributed by atoms with van der Waals surface area (Å²) in [5, 5.41) is 13.2. The molecule has 0 spiro atoms. The second-order valence-corrected chi connectivity index (χ2v) is 9.38. The van der Waals surface area contributed by atoms with Gasteiger partial charge in [-0.25, -0.2) is 9.59 Å². The number of fused-ring (bicyclic) bond motifs is 2. The summed E-state index contributed by atoms with van der Waals surface area (Å²) in [4.78, 5) is 62.5. The Kier molecular flexibility index (Phi) is 6.39. The van der Waals surface area contributed by atoms with Crippen LogP contribution in [0.5, 0.6) is 5.75 Å². The summed E-state index contributed by atoms with van der Waals surface area (Å²) in [6.45, 7) is 0. The van der Waals surface area contributed by atoms with Crippen LogP contribution in [0.2, 0.25) is 0 Å². The first kappa shape index (κ1) is 24.1. The van der Waals surface area contributed by atoms with Crippen molar-refractivity contribution in [2.45, 2.75) is 31.7 Å². The quantitative estimate of drug-likeness (QED) is 0.158. The number of esters is 1. The molecule has 2 saturated carbocycles. The number of nitro groups is 1. The van der Waals surface area contributed by atoms with Crippen molar-refractivity contribution in [3.8, 4) is 5.75 Å². The summed E-state index contributed by atoms with van der Waals surface area (Å²) in [6, 6.07) is 11.2. The molecular weight excluding hydrogens is 478 g/mol. The summed E-state index contributed by atoms with van der Waals surface area (Å²) < 4.78 is 5.42. The highest BCUT2D eigenvalue weighted by atomic mass is 16.6. The number of carbonyl (C=O) groups excluding carboxylic acids is 4. The maximum absolute atomic E-state index is 13.3. The predicted molar refractivity (Wildman–Crippen MR) is 132 cm³/mol. The Morgan fingerprint density at radius 3 is 2.62 bits per heavy atom. The van der Waals surface area contributed by atoms with E-state index in [9.17, 15) is 29.3 Å². The molecule has 37 heavy (non-hydrogen) atoms. The molecule has 2 aliphatic carbocycles. The number of nitrogens with one attached hydrogen (secondary N) is 1. The summed E-state index contributed by atoms with van der Waals surface area (Å²) in [6.07, 6.45) is 7.61. The van der Waals surface area contributed by atoms with Gasteiger partial charge < -0.3 is 4.74 Å². The molecule has 4 amide bonds. The molecule has 1 N–H and O–H groups in total. The SMILES string of the molecule is O=C(/C=C/c1cccc([N+](=O)[O-])c1)Oc1ccccc1/C=C1/C(=O)NC(=O)N([C@H]2C[C@H]3CC[C@H]2C3)C1=O. The molecular formula is C27H23N3O7. The average molecular weight is 501 g/mol. The number of hydrogen-bond acceptors (Lipinski definition) is 7. The number of imide groups is 2. The molecule has 1 aliphatic heterocycles. The highest BCUT2D eigenvalue weighted by Crippen LogP contribution is 2.47. The molecule has 2 aromatic carbocycles. The number of nitro benzene ring substituents is 1. The third kappa shape index (κ3) is 4.90. The van der Waals surface area contributed by atoms with Gasteiger partial charge >= 0.3 is 12.0 Å². The topological polar surface area (TPSA) is 136 Å². The Morgan fingerprint density at radius 2 is 1.89 bits per heavy atom. The van der Waals surface area contributed by atoms with E-state index in [1.807, 2.05) is 0 Å². The monoisotopic (exact) mass is 501 g/mol. The lowest BCUT2D eigenvalue weighted by atomic mass is 9.93. The zero-order valence-corrected chi connectivity index (χ0v) is 19.7. The fraction of sp³-hybridized carbons (Fsp3) is 0.259. The first-order valence-corrected chi connectivity index (χ1v) is 11.9. The number of ether oxygens (including phenoxy) is 1. The van der Waals surface area contributed by atoms with Crippen molar-refractivity contribution < 1.29 is 28.8 Å². The molecule has 0 unspecified atom stereocenters. The number of carbonyl (C=O) groups is 4. The number of urea groups is 1. The molecule has 10 nitrogen and oxygen atoms in total. The molecule has 1 heterocycles. The summed E-state index contributed by atoms with van der Waals surface area (Å²) in [5.74, 6) is -1.36.